The number of nitrogens with zero attached hydrogens (tertiary/aromatic N) is 2. The van der Waals surface area contributed by atoms with Crippen LogP contribution in [0.1, 0.15) is 55.5 Å². The van der Waals surface area contributed by atoms with Crippen molar-refractivity contribution < 1.29 is 5.11 Å². The standard InChI is InChI=1S/C15H15N.C14H13NO.BBr3/c1-10-6-7-12-11(9-10)14-13(15(12,2)3)5-4-8-16-14;1-14(2)11-6-5-9(16)8-10(11)13-12(14)4-3-7-15-13;2-1(3)4/h4-9H,1-3H3;3-8,16H,1-2H3;. The molecule has 2 heterocycles. The highest BCUT2D eigenvalue weighted by Crippen LogP contribution is 2.49. The number of hydrogen-bond donors (Lipinski definition) is 1. The molecule has 1 N–H and O–H groups in total. The second-order valence-electron chi connectivity index (χ2n) is 10.1. The summed E-state index contributed by atoms with van der Waals surface area (Å²) in [4.78, 5) is 8.96. The van der Waals surface area contributed by atoms with E-state index in [-0.39, 0.29) is 14.0 Å². The summed E-state index contributed by atoms with van der Waals surface area (Å²) in [7, 11) is 0. The predicted molar refractivity (Wildman–Crippen MR) is 163 cm³/mol. The number of phenols is 1. The van der Waals surface area contributed by atoms with Crippen molar-refractivity contribution in [2.75, 3.05) is 0 Å². The van der Waals surface area contributed by atoms with Crippen LogP contribution in [0.15, 0.2) is 73.1 Å². The van der Waals surface area contributed by atoms with Crippen LogP contribution < -0.4 is 0 Å². The van der Waals surface area contributed by atoms with Crippen molar-refractivity contribution in [3.05, 3.63) is 101 Å². The van der Waals surface area contributed by atoms with Crippen molar-refractivity contribution in [3.8, 4) is 28.3 Å². The fraction of sp³-hybridized carbons (Fsp3) is 0.241. The molecule has 0 amide bonds. The summed E-state index contributed by atoms with van der Waals surface area (Å²) in [6.07, 6.45) is 3.68. The lowest BCUT2D eigenvalue weighted by molar-refractivity contribution is 0.475. The van der Waals surface area contributed by atoms with Crippen LogP contribution in [0.25, 0.3) is 22.5 Å². The van der Waals surface area contributed by atoms with Gasteiger partial charge >= 0.3 is 3.18 Å². The van der Waals surface area contributed by atoms with Gasteiger partial charge in [-0.2, -0.15) is 0 Å². The summed E-state index contributed by atoms with van der Waals surface area (Å²) in [5.74, 6) is 0.299. The quantitative estimate of drug-likeness (QED) is 0.190. The van der Waals surface area contributed by atoms with E-state index in [1.165, 1.54) is 33.4 Å². The summed E-state index contributed by atoms with van der Waals surface area (Å²) < 4.78 is 0.271. The van der Waals surface area contributed by atoms with Gasteiger partial charge in [-0.05, 0) is 59.5 Å². The molecule has 184 valence electrons. The monoisotopic (exact) mass is 668 g/mol. The minimum absolute atomic E-state index is 0.0212. The SMILES string of the molecule is BrB(Br)Br.CC1(C)c2ccc(O)cc2-c2ncccc21.Cc1ccc2c(c1)-c1ncccc1C2(C)C. The van der Waals surface area contributed by atoms with E-state index in [9.17, 15) is 5.11 Å². The van der Waals surface area contributed by atoms with Crippen molar-refractivity contribution in [2.45, 2.75) is 45.4 Å². The Morgan fingerprint density at radius 2 is 1.11 bits per heavy atom. The molecule has 0 aliphatic heterocycles. The Hall–Kier alpha value is -1.96. The Balaban J connectivity index is 0.000000148. The Morgan fingerprint density at radius 3 is 1.61 bits per heavy atom. The molecule has 3 nitrogen and oxygen atoms in total. The number of pyridine rings is 2. The molecule has 0 bridgehead atoms. The van der Waals surface area contributed by atoms with E-state index in [4.69, 9.17) is 0 Å². The lowest BCUT2D eigenvalue weighted by Gasteiger charge is -2.20. The normalized spacial score (nSPS) is 14.7. The van der Waals surface area contributed by atoms with Crippen LogP contribution in [0, 0.1) is 6.92 Å². The third-order valence-corrected chi connectivity index (χ3v) is 7.00. The van der Waals surface area contributed by atoms with Crippen molar-refractivity contribution in [3.63, 3.8) is 0 Å². The van der Waals surface area contributed by atoms with Crippen LogP contribution in [0.3, 0.4) is 0 Å². The first kappa shape index (κ1) is 27.1. The van der Waals surface area contributed by atoms with Crippen LogP contribution in [0.2, 0.25) is 0 Å². The van der Waals surface area contributed by atoms with Crippen LogP contribution in [0.5, 0.6) is 5.75 Å². The number of hydrogen-bond acceptors (Lipinski definition) is 3. The highest BCUT2D eigenvalue weighted by molar-refractivity contribution is 9.69. The summed E-state index contributed by atoms with van der Waals surface area (Å²) in [6.45, 7) is 11.1. The molecule has 0 atom stereocenters. The van der Waals surface area contributed by atoms with E-state index in [1.54, 1.807) is 18.3 Å². The minimum atomic E-state index is -0.0212. The highest BCUT2D eigenvalue weighted by atomic mass is 79.9. The summed E-state index contributed by atoms with van der Waals surface area (Å²) in [5.41, 5.74) is 11.1. The third kappa shape index (κ3) is 5.07. The fourth-order valence-corrected chi connectivity index (χ4v) is 5.21. The van der Waals surface area contributed by atoms with Gasteiger partial charge < -0.3 is 5.11 Å². The lowest BCUT2D eigenvalue weighted by atomic mass is 9.83. The van der Waals surface area contributed by atoms with E-state index in [0.717, 1.165) is 17.0 Å². The maximum atomic E-state index is 9.56. The summed E-state index contributed by atoms with van der Waals surface area (Å²) in [6, 6.07) is 20.5. The van der Waals surface area contributed by atoms with E-state index in [0.29, 0.717) is 5.75 Å². The number of halogens is 3. The van der Waals surface area contributed by atoms with Gasteiger partial charge in [0.15, 0.2) is 0 Å². The minimum Gasteiger partial charge on any atom is -0.508 e. The molecule has 0 spiro atoms. The molecule has 0 radical (unpaired) electrons. The first-order chi connectivity index (χ1) is 16.9. The van der Waals surface area contributed by atoms with Gasteiger partial charge in [0.05, 0.1) is 11.4 Å². The molecule has 0 unspecified atom stereocenters. The molecule has 4 aromatic rings. The molecule has 2 aromatic heterocycles. The molecule has 2 aliphatic carbocycles. The van der Waals surface area contributed by atoms with Gasteiger partial charge in [0.2, 0.25) is 0 Å². The molecule has 0 saturated carbocycles. The van der Waals surface area contributed by atoms with E-state index in [2.05, 4.69) is 122 Å². The number of aromatic nitrogens is 2. The molecule has 36 heavy (non-hydrogen) atoms. The number of benzene rings is 2. The first-order valence-corrected chi connectivity index (χ1v) is 14.5. The lowest BCUT2D eigenvalue weighted by Crippen LogP contribution is -2.14. The van der Waals surface area contributed by atoms with Crippen molar-refractivity contribution in [1.29, 1.82) is 0 Å². The highest BCUT2D eigenvalue weighted by Gasteiger charge is 2.37. The first-order valence-electron chi connectivity index (χ1n) is 11.7. The van der Waals surface area contributed by atoms with Gasteiger partial charge in [0.25, 0.3) is 0 Å². The van der Waals surface area contributed by atoms with Gasteiger partial charge in [-0.15, -0.1) is 47.3 Å². The van der Waals surface area contributed by atoms with Gasteiger partial charge in [-0.25, -0.2) is 0 Å². The average molecular weight is 671 g/mol. The number of fused-ring (bicyclic) bond motifs is 6. The summed E-state index contributed by atoms with van der Waals surface area (Å²) in [5, 5.41) is 9.56. The van der Waals surface area contributed by atoms with E-state index < -0.39 is 0 Å². The van der Waals surface area contributed by atoms with Crippen LogP contribution >= 0.6 is 47.3 Å². The Bertz CT molecular complexity index is 1310. The Labute approximate surface area is 238 Å². The van der Waals surface area contributed by atoms with Crippen LogP contribution in [-0.2, 0) is 10.8 Å². The predicted octanol–water partition coefficient (Wildman–Crippen LogP) is 8.95. The average Bonchev–Trinajstić information content (AvgIpc) is 3.19. The molecular formula is C29H28BBr3N2O. The maximum absolute atomic E-state index is 9.56. The Kier molecular flexibility index (Phi) is 7.85. The zero-order valence-corrected chi connectivity index (χ0v) is 25.7. The second kappa shape index (κ2) is 10.4. The maximum Gasteiger partial charge on any atom is 0.369 e. The van der Waals surface area contributed by atoms with Gasteiger partial charge in [-0.3, -0.25) is 9.97 Å². The van der Waals surface area contributed by atoms with Crippen molar-refractivity contribution >= 4 is 50.5 Å². The Morgan fingerprint density at radius 1 is 0.667 bits per heavy atom. The zero-order chi connectivity index (χ0) is 26.3. The topological polar surface area (TPSA) is 46.0 Å². The van der Waals surface area contributed by atoms with Crippen LogP contribution in [0.4, 0.5) is 0 Å². The molecule has 0 fully saturated rings. The van der Waals surface area contributed by atoms with Crippen molar-refractivity contribution in [1.82, 2.24) is 9.97 Å². The summed E-state index contributed by atoms with van der Waals surface area (Å²) >= 11 is 9.31. The van der Waals surface area contributed by atoms with Crippen molar-refractivity contribution in [2.24, 2.45) is 0 Å². The third-order valence-electron chi connectivity index (χ3n) is 7.00. The smallest absolute Gasteiger partial charge is 0.369 e. The number of aryl methyl sites for hydroxylation is 1. The molecule has 6 rings (SSSR count). The molecule has 0 saturated heterocycles. The van der Waals surface area contributed by atoms with Gasteiger partial charge in [-0.1, -0.05) is 63.6 Å². The number of rotatable bonds is 0. The van der Waals surface area contributed by atoms with Crippen LogP contribution in [-0.4, -0.2) is 18.3 Å². The molecule has 2 aliphatic rings. The second-order valence-corrected chi connectivity index (χ2v) is 16.5. The van der Waals surface area contributed by atoms with E-state index in [1.807, 2.05) is 24.4 Å². The molecule has 7 heteroatoms. The van der Waals surface area contributed by atoms with E-state index >= 15 is 0 Å². The fourth-order valence-electron chi connectivity index (χ4n) is 5.21. The van der Waals surface area contributed by atoms with Gasteiger partial charge in [0, 0.05) is 34.4 Å². The van der Waals surface area contributed by atoms with Gasteiger partial charge in [0.1, 0.15) is 5.75 Å². The molecule has 2 aromatic carbocycles. The number of aromatic hydroxyl groups is 1. The molecular weight excluding hydrogens is 643 g/mol. The largest absolute Gasteiger partial charge is 0.508 e. The number of phenolic OH excluding ortho intramolecular Hbond substituents is 1. The zero-order valence-electron chi connectivity index (χ0n) is 21.0.